The molecule has 0 aromatic heterocycles. The van der Waals surface area contributed by atoms with E-state index in [0.29, 0.717) is 22.6 Å². The molecule has 0 saturated carbocycles. The van der Waals surface area contributed by atoms with Crippen LogP contribution in [0.4, 0.5) is 5.69 Å². The number of nitro benzene ring substituents is 1. The largest absolute Gasteiger partial charge is 0.493 e. The minimum atomic E-state index is -0.584. The second-order valence-electron chi connectivity index (χ2n) is 7.06. The van der Waals surface area contributed by atoms with Crippen molar-refractivity contribution < 1.29 is 23.9 Å². The maximum atomic E-state index is 12.4. The molecule has 34 heavy (non-hydrogen) atoms. The SMILES string of the molecule is COc1cc(/C=C2\N=C(c3ccccc3Br)OC2=O)cc(Cl)c1OCc1ccc([N+](=O)[O-])cc1. The van der Waals surface area contributed by atoms with Gasteiger partial charge in [-0.2, -0.15) is 0 Å². The molecular weight excluding hydrogens is 528 g/mol. The fourth-order valence-corrected chi connectivity index (χ4v) is 3.88. The zero-order valence-corrected chi connectivity index (χ0v) is 20.0. The van der Waals surface area contributed by atoms with Crippen LogP contribution in [-0.2, 0) is 16.1 Å². The lowest BCUT2D eigenvalue weighted by molar-refractivity contribution is -0.384. The first-order valence-corrected chi connectivity index (χ1v) is 11.0. The molecule has 0 spiro atoms. The second kappa shape index (κ2) is 10.1. The van der Waals surface area contributed by atoms with Gasteiger partial charge < -0.3 is 14.2 Å². The monoisotopic (exact) mass is 542 g/mol. The topological polar surface area (TPSA) is 100 Å². The molecule has 172 valence electrons. The minimum Gasteiger partial charge on any atom is -0.493 e. The van der Waals surface area contributed by atoms with Gasteiger partial charge in [-0.25, -0.2) is 9.79 Å². The molecule has 0 bridgehead atoms. The molecule has 0 aliphatic carbocycles. The lowest BCUT2D eigenvalue weighted by Crippen LogP contribution is -2.05. The molecule has 3 aromatic carbocycles. The maximum absolute atomic E-state index is 12.4. The van der Waals surface area contributed by atoms with Gasteiger partial charge in [-0.3, -0.25) is 10.1 Å². The van der Waals surface area contributed by atoms with Crippen LogP contribution in [0.25, 0.3) is 6.08 Å². The molecule has 0 fully saturated rings. The summed E-state index contributed by atoms with van der Waals surface area (Å²) in [4.78, 5) is 27.0. The van der Waals surface area contributed by atoms with Crippen LogP contribution in [0, 0.1) is 10.1 Å². The van der Waals surface area contributed by atoms with Gasteiger partial charge in [0.2, 0.25) is 5.90 Å². The lowest BCUT2D eigenvalue weighted by Gasteiger charge is -2.13. The van der Waals surface area contributed by atoms with Crippen molar-refractivity contribution in [3.63, 3.8) is 0 Å². The van der Waals surface area contributed by atoms with Crippen molar-refractivity contribution in [3.05, 3.63) is 103 Å². The highest BCUT2D eigenvalue weighted by atomic mass is 79.9. The van der Waals surface area contributed by atoms with Crippen molar-refractivity contribution in [1.82, 2.24) is 0 Å². The summed E-state index contributed by atoms with van der Waals surface area (Å²) >= 11 is 9.85. The Morgan fingerprint density at radius 3 is 2.59 bits per heavy atom. The van der Waals surface area contributed by atoms with E-state index in [0.717, 1.165) is 10.0 Å². The number of rotatable bonds is 7. The Kier molecular flexibility index (Phi) is 6.95. The zero-order valence-electron chi connectivity index (χ0n) is 17.7. The first kappa shape index (κ1) is 23.5. The highest BCUT2D eigenvalue weighted by Gasteiger charge is 2.25. The van der Waals surface area contributed by atoms with Crippen molar-refractivity contribution in [2.24, 2.45) is 4.99 Å². The van der Waals surface area contributed by atoms with Gasteiger partial charge in [0, 0.05) is 16.6 Å². The molecular formula is C24H16BrClN2O6. The summed E-state index contributed by atoms with van der Waals surface area (Å²) in [6.07, 6.45) is 1.54. The molecule has 4 rings (SSSR count). The fraction of sp³-hybridized carbons (Fsp3) is 0.0833. The molecule has 0 amide bonds. The van der Waals surface area contributed by atoms with E-state index in [1.165, 1.54) is 19.2 Å². The number of aliphatic imine (C=N–C) groups is 1. The molecule has 1 aliphatic heterocycles. The number of methoxy groups -OCH3 is 1. The molecule has 0 saturated heterocycles. The van der Waals surface area contributed by atoms with Crippen LogP contribution in [0.15, 0.2) is 75.8 Å². The van der Waals surface area contributed by atoms with Gasteiger partial charge in [-0.1, -0.05) is 23.7 Å². The number of ether oxygens (including phenoxy) is 3. The van der Waals surface area contributed by atoms with Crippen LogP contribution in [0.2, 0.25) is 5.02 Å². The number of hydrogen-bond donors (Lipinski definition) is 0. The Labute approximate surface area is 207 Å². The highest BCUT2D eigenvalue weighted by molar-refractivity contribution is 9.10. The van der Waals surface area contributed by atoms with E-state index >= 15 is 0 Å². The first-order valence-electron chi connectivity index (χ1n) is 9.87. The molecule has 3 aromatic rings. The van der Waals surface area contributed by atoms with Gasteiger partial charge in [0.1, 0.15) is 6.61 Å². The molecule has 1 aliphatic rings. The fourth-order valence-electron chi connectivity index (χ4n) is 3.15. The molecule has 0 N–H and O–H groups in total. The number of nitro groups is 1. The van der Waals surface area contributed by atoms with Gasteiger partial charge in [-0.15, -0.1) is 0 Å². The summed E-state index contributed by atoms with van der Waals surface area (Å²) in [5.74, 6) is 0.267. The van der Waals surface area contributed by atoms with E-state index in [1.54, 1.807) is 36.4 Å². The number of esters is 1. The maximum Gasteiger partial charge on any atom is 0.363 e. The first-order chi connectivity index (χ1) is 16.4. The van der Waals surface area contributed by atoms with Gasteiger partial charge in [0.15, 0.2) is 17.2 Å². The highest BCUT2D eigenvalue weighted by Crippen LogP contribution is 2.38. The number of carbonyl (C=O) groups is 1. The molecule has 10 heteroatoms. The normalized spacial score (nSPS) is 14.0. The van der Waals surface area contributed by atoms with Crippen molar-refractivity contribution in [1.29, 1.82) is 0 Å². The zero-order chi connectivity index (χ0) is 24.2. The number of hydrogen-bond acceptors (Lipinski definition) is 7. The van der Waals surface area contributed by atoms with Crippen molar-refractivity contribution >= 4 is 51.2 Å². The number of carbonyl (C=O) groups excluding carboxylic acids is 1. The van der Waals surface area contributed by atoms with Crippen molar-refractivity contribution in [2.75, 3.05) is 7.11 Å². The Morgan fingerprint density at radius 1 is 1.18 bits per heavy atom. The predicted molar refractivity (Wildman–Crippen MR) is 130 cm³/mol. The summed E-state index contributed by atoms with van der Waals surface area (Å²) in [5.41, 5.74) is 2.05. The van der Waals surface area contributed by atoms with Crippen LogP contribution in [-0.4, -0.2) is 23.9 Å². The number of non-ortho nitro benzene ring substituents is 1. The number of nitrogens with zero attached hydrogens (tertiary/aromatic N) is 2. The van der Waals surface area contributed by atoms with Crippen LogP contribution in [0.5, 0.6) is 11.5 Å². The van der Waals surface area contributed by atoms with E-state index in [2.05, 4.69) is 20.9 Å². The van der Waals surface area contributed by atoms with Crippen LogP contribution < -0.4 is 9.47 Å². The van der Waals surface area contributed by atoms with E-state index in [-0.39, 0.29) is 28.9 Å². The standard InChI is InChI=1S/C24H16BrClN2O6/c1-32-21-12-15(11-20-24(29)34-23(27-20)17-4-2-3-5-18(17)25)10-19(26)22(21)33-13-14-6-8-16(9-7-14)28(30)31/h2-12H,13H2,1H3/b20-11-. The summed E-state index contributed by atoms with van der Waals surface area (Å²) in [6, 6.07) is 16.5. The predicted octanol–water partition coefficient (Wildman–Crippen LogP) is 5.94. The number of cyclic esters (lactones) is 1. The van der Waals surface area contributed by atoms with Crippen molar-refractivity contribution in [3.8, 4) is 11.5 Å². The van der Waals surface area contributed by atoms with Gasteiger partial charge in [-0.05, 0) is 69.5 Å². The van der Waals surface area contributed by atoms with Gasteiger partial charge in [0.25, 0.3) is 5.69 Å². The molecule has 8 nitrogen and oxygen atoms in total. The Bertz CT molecular complexity index is 1340. The van der Waals surface area contributed by atoms with Crippen LogP contribution in [0.1, 0.15) is 16.7 Å². The molecule has 0 atom stereocenters. The molecule has 0 radical (unpaired) electrons. The molecule has 0 unspecified atom stereocenters. The lowest BCUT2D eigenvalue weighted by atomic mass is 10.1. The van der Waals surface area contributed by atoms with Crippen LogP contribution >= 0.6 is 27.5 Å². The van der Waals surface area contributed by atoms with E-state index in [9.17, 15) is 14.9 Å². The summed E-state index contributed by atoms with van der Waals surface area (Å²) in [6.45, 7) is 0.125. The Hall–Kier alpha value is -3.69. The van der Waals surface area contributed by atoms with Crippen LogP contribution in [0.3, 0.4) is 0 Å². The minimum absolute atomic E-state index is 0.00682. The van der Waals surface area contributed by atoms with Gasteiger partial charge >= 0.3 is 5.97 Å². The summed E-state index contributed by atoms with van der Waals surface area (Å²) in [5, 5.41) is 11.1. The third kappa shape index (κ3) is 5.11. The smallest absolute Gasteiger partial charge is 0.363 e. The van der Waals surface area contributed by atoms with E-state index in [1.807, 2.05) is 18.2 Å². The second-order valence-corrected chi connectivity index (χ2v) is 8.32. The third-order valence-electron chi connectivity index (χ3n) is 4.81. The summed E-state index contributed by atoms with van der Waals surface area (Å²) in [7, 11) is 1.47. The Morgan fingerprint density at radius 2 is 1.91 bits per heavy atom. The number of benzene rings is 3. The van der Waals surface area contributed by atoms with E-state index in [4.69, 9.17) is 25.8 Å². The molecule has 1 heterocycles. The van der Waals surface area contributed by atoms with Gasteiger partial charge in [0.05, 0.1) is 22.6 Å². The third-order valence-corrected chi connectivity index (χ3v) is 5.78. The quantitative estimate of drug-likeness (QED) is 0.158. The Balaban J connectivity index is 1.57. The number of halogens is 2. The summed E-state index contributed by atoms with van der Waals surface area (Å²) < 4.78 is 17.3. The van der Waals surface area contributed by atoms with E-state index < -0.39 is 10.9 Å². The average molecular weight is 544 g/mol. The average Bonchev–Trinajstić information content (AvgIpc) is 3.18. The van der Waals surface area contributed by atoms with Crippen molar-refractivity contribution in [2.45, 2.75) is 6.61 Å².